The van der Waals surface area contributed by atoms with Gasteiger partial charge in [0.25, 0.3) is 5.91 Å². The summed E-state index contributed by atoms with van der Waals surface area (Å²) in [5.41, 5.74) is 3.60. The second-order valence-electron chi connectivity index (χ2n) is 7.15. The molecule has 1 aromatic heterocycles. The number of hydrogen-bond acceptors (Lipinski definition) is 4. The van der Waals surface area contributed by atoms with E-state index in [0.29, 0.717) is 18.8 Å². The summed E-state index contributed by atoms with van der Waals surface area (Å²) in [7, 11) is 0. The molecule has 0 spiro atoms. The molecule has 0 aliphatic carbocycles. The van der Waals surface area contributed by atoms with Crippen LogP contribution in [0.2, 0.25) is 0 Å². The van der Waals surface area contributed by atoms with Gasteiger partial charge in [0.2, 0.25) is 0 Å². The molecule has 29 heavy (non-hydrogen) atoms. The van der Waals surface area contributed by atoms with E-state index in [4.69, 9.17) is 4.74 Å². The molecule has 0 radical (unpaired) electrons. The van der Waals surface area contributed by atoms with Crippen LogP contribution in [0, 0.1) is 0 Å². The van der Waals surface area contributed by atoms with Gasteiger partial charge in [0.05, 0.1) is 6.10 Å². The zero-order chi connectivity index (χ0) is 19.9. The smallest absolute Gasteiger partial charge is 0.270 e. The summed E-state index contributed by atoms with van der Waals surface area (Å²) in [6, 6.07) is 24.3. The lowest BCUT2D eigenvalue weighted by Crippen LogP contribution is -2.32. The van der Waals surface area contributed by atoms with E-state index in [1.165, 1.54) is 5.56 Å². The Morgan fingerprint density at radius 2 is 1.79 bits per heavy atom. The lowest BCUT2D eigenvalue weighted by Gasteiger charge is -2.25. The summed E-state index contributed by atoms with van der Waals surface area (Å²) in [5.74, 6) is -0.171. The van der Waals surface area contributed by atoms with Crippen LogP contribution in [-0.4, -0.2) is 30.1 Å². The van der Waals surface area contributed by atoms with Crippen LogP contribution in [0.1, 0.15) is 28.9 Å². The fourth-order valence-corrected chi connectivity index (χ4v) is 3.52. The Morgan fingerprint density at radius 1 is 1.03 bits per heavy atom. The van der Waals surface area contributed by atoms with Gasteiger partial charge < -0.3 is 15.0 Å². The number of ether oxygens (including phenoxy) is 1. The van der Waals surface area contributed by atoms with Gasteiger partial charge in [-0.2, -0.15) is 0 Å². The summed E-state index contributed by atoms with van der Waals surface area (Å²) in [4.78, 5) is 19.1. The number of hydrogen-bond donors (Lipinski definition) is 1. The SMILES string of the molecule is O=C(NCC1CCCO1)c1cc(N(Cc2ccccc2)c2ccccc2)ccn1. The number of para-hydroxylation sites is 1. The number of carbonyl (C=O) groups is 1. The Morgan fingerprint density at radius 3 is 2.52 bits per heavy atom. The predicted octanol–water partition coefficient (Wildman–Crippen LogP) is 4.33. The number of benzene rings is 2. The molecule has 1 atom stereocenters. The Kier molecular flexibility index (Phi) is 6.17. The summed E-state index contributed by atoms with van der Waals surface area (Å²) in [6.45, 7) is 2.00. The minimum Gasteiger partial charge on any atom is -0.376 e. The molecule has 1 saturated heterocycles. The van der Waals surface area contributed by atoms with Crippen LogP contribution in [0.5, 0.6) is 0 Å². The van der Waals surface area contributed by atoms with Crippen molar-refractivity contribution >= 4 is 17.3 Å². The highest BCUT2D eigenvalue weighted by Crippen LogP contribution is 2.27. The normalized spacial score (nSPS) is 15.8. The molecular weight excluding hydrogens is 362 g/mol. The largest absolute Gasteiger partial charge is 0.376 e. The molecule has 148 valence electrons. The maximum Gasteiger partial charge on any atom is 0.270 e. The van der Waals surface area contributed by atoms with Crippen LogP contribution in [0.15, 0.2) is 79.0 Å². The van der Waals surface area contributed by atoms with E-state index in [-0.39, 0.29) is 12.0 Å². The monoisotopic (exact) mass is 387 g/mol. The second kappa shape index (κ2) is 9.34. The van der Waals surface area contributed by atoms with Gasteiger partial charge in [0, 0.05) is 37.3 Å². The highest BCUT2D eigenvalue weighted by atomic mass is 16.5. The van der Waals surface area contributed by atoms with Crippen molar-refractivity contribution in [3.05, 3.63) is 90.3 Å². The van der Waals surface area contributed by atoms with Crippen molar-refractivity contribution in [3.63, 3.8) is 0 Å². The van der Waals surface area contributed by atoms with Gasteiger partial charge in [-0.05, 0) is 42.7 Å². The molecule has 3 aromatic rings. The van der Waals surface area contributed by atoms with Gasteiger partial charge in [-0.15, -0.1) is 0 Å². The van der Waals surface area contributed by atoms with Crippen molar-refractivity contribution in [1.82, 2.24) is 10.3 Å². The van der Waals surface area contributed by atoms with E-state index in [1.54, 1.807) is 6.20 Å². The maximum absolute atomic E-state index is 12.6. The fourth-order valence-electron chi connectivity index (χ4n) is 3.52. The molecule has 2 aromatic carbocycles. The highest BCUT2D eigenvalue weighted by molar-refractivity contribution is 5.93. The molecule has 2 heterocycles. The second-order valence-corrected chi connectivity index (χ2v) is 7.15. The maximum atomic E-state index is 12.6. The Labute approximate surface area is 171 Å². The summed E-state index contributed by atoms with van der Waals surface area (Å²) < 4.78 is 5.58. The molecule has 1 aliphatic heterocycles. The number of anilines is 2. The van der Waals surface area contributed by atoms with Gasteiger partial charge in [-0.25, -0.2) is 0 Å². The number of amides is 1. The topological polar surface area (TPSA) is 54.5 Å². The molecule has 5 nitrogen and oxygen atoms in total. The third-order valence-electron chi connectivity index (χ3n) is 5.05. The highest BCUT2D eigenvalue weighted by Gasteiger charge is 2.18. The summed E-state index contributed by atoms with van der Waals surface area (Å²) in [5, 5.41) is 2.95. The Hall–Kier alpha value is -3.18. The molecule has 5 heteroatoms. The average Bonchev–Trinajstić information content (AvgIpc) is 3.31. The summed E-state index contributed by atoms with van der Waals surface area (Å²) in [6.07, 6.45) is 3.85. The molecule has 0 saturated carbocycles. The molecule has 1 amide bonds. The predicted molar refractivity (Wildman–Crippen MR) is 114 cm³/mol. The Balaban J connectivity index is 1.55. The minimum atomic E-state index is -0.171. The number of aromatic nitrogens is 1. The lowest BCUT2D eigenvalue weighted by atomic mass is 10.1. The number of pyridine rings is 1. The fraction of sp³-hybridized carbons (Fsp3) is 0.250. The molecule has 1 unspecified atom stereocenters. The summed E-state index contributed by atoms with van der Waals surface area (Å²) >= 11 is 0. The first-order chi connectivity index (χ1) is 14.3. The molecule has 1 aliphatic rings. The van der Waals surface area contributed by atoms with Crippen molar-refractivity contribution in [2.75, 3.05) is 18.1 Å². The van der Waals surface area contributed by atoms with Crippen LogP contribution in [0.25, 0.3) is 0 Å². The molecule has 0 bridgehead atoms. The quantitative estimate of drug-likeness (QED) is 0.656. The van der Waals surface area contributed by atoms with E-state index in [9.17, 15) is 4.79 Å². The number of nitrogens with zero attached hydrogens (tertiary/aromatic N) is 2. The molecular formula is C24H25N3O2. The van der Waals surface area contributed by atoms with Crippen LogP contribution in [0.4, 0.5) is 11.4 Å². The zero-order valence-electron chi connectivity index (χ0n) is 16.3. The van der Waals surface area contributed by atoms with Crippen molar-refractivity contribution in [2.24, 2.45) is 0 Å². The van der Waals surface area contributed by atoms with Gasteiger partial charge in [-0.3, -0.25) is 9.78 Å². The van der Waals surface area contributed by atoms with Gasteiger partial charge in [0.1, 0.15) is 5.69 Å². The number of nitrogens with one attached hydrogen (secondary N) is 1. The van der Waals surface area contributed by atoms with E-state index in [0.717, 1.165) is 30.8 Å². The van der Waals surface area contributed by atoms with Gasteiger partial charge in [0.15, 0.2) is 0 Å². The molecule has 4 rings (SSSR count). The van der Waals surface area contributed by atoms with Crippen LogP contribution >= 0.6 is 0 Å². The zero-order valence-corrected chi connectivity index (χ0v) is 16.3. The third-order valence-corrected chi connectivity index (χ3v) is 5.05. The van der Waals surface area contributed by atoms with Crippen LogP contribution in [-0.2, 0) is 11.3 Å². The van der Waals surface area contributed by atoms with Crippen LogP contribution in [0.3, 0.4) is 0 Å². The van der Waals surface area contributed by atoms with Crippen LogP contribution < -0.4 is 10.2 Å². The van der Waals surface area contributed by atoms with Crippen molar-refractivity contribution in [1.29, 1.82) is 0 Å². The number of rotatable bonds is 7. The van der Waals surface area contributed by atoms with Crippen molar-refractivity contribution in [2.45, 2.75) is 25.5 Å². The van der Waals surface area contributed by atoms with Gasteiger partial charge in [-0.1, -0.05) is 48.5 Å². The minimum absolute atomic E-state index is 0.112. The van der Waals surface area contributed by atoms with E-state index < -0.39 is 0 Å². The lowest BCUT2D eigenvalue weighted by molar-refractivity contribution is 0.0854. The first kappa shape index (κ1) is 19.2. The standard InChI is InChI=1S/C24H25N3O2/c28-24(26-17-22-12-7-15-29-22)23-16-21(13-14-25-23)27(20-10-5-2-6-11-20)18-19-8-3-1-4-9-19/h1-6,8-11,13-14,16,22H,7,12,15,17-18H2,(H,26,28). The molecule has 1 N–H and O–H groups in total. The van der Waals surface area contributed by atoms with Gasteiger partial charge >= 0.3 is 0 Å². The molecule has 1 fully saturated rings. The van der Waals surface area contributed by atoms with E-state index in [1.807, 2.05) is 48.5 Å². The first-order valence-electron chi connectivity index (χ1n) is 10.0. The van der Waals surface area contributed by atoms with E-state index in [2.05, 4.69) is 39.5 Å². The van der Waals surface area contributed by atoms with Crippen molar-refractivity contribution < 1.29 is 9.53 Å². The third kappa shape index (κ3) is 5.00. The van der Waals surface area contributed by atoms with Crippen molar-refractivity contribution in [3.8, 4) is 0 Å². The van der Waals surface area contributed by atoms with E-state index >= 15 is 0 Å². The Bertz CT molecular complexity index is 925. The number of carbonyl (C=O) groups excluding carboxylic acids is 1. The average molecular weight is 387 g/mol. The first-order valence-corrected chi connectivity index (χ1v) is 10.0.